The van der Waals surface area contributed by atoms with Crippen molar-refractivity contribution in [2.24, 2.45) is 0 Å². The van der Waals surface area contributed by atoms with E-state index in [-0.39, 0.29) is 22.7 Å². The van der Waals surface area contributed by atoms with Crippen LogP contribution in [0.3, 0.4) is 0 Å². The lowest BCUT2D eigenvalue weighted by molar-refractivity contribution is -0.137. The van der Waals surface area contributed by atoms with Gasteiger partial charge in [0.25, 0.3) is 5.91 Å². The van der Waals surface area contributed by atoms with Gasteiger partial charge in [-0.05, 0) is 18.2 Å². The zero-order valence-corrected chi connectivity index (χ0v) is 14.1. The van der Waals surface area contributed by atoms with Crippen molar-refractivity contribution in [1.29, 1.82) is 5.26 Å². The average molecular weight is 376 g/mol. The number of alkyl halides is 3. The van der Waals surface area contributed by atoms with E-state index in [0.29, 0.717) is 26.3 Å². The number of carbonyl (C=O) groups excluding carboxylic acids is 1. The maximum atomic E-state index is 13.2. The van der Waals surface area contributed by atoms with E-state index >= 15 is 0 Å². The number of benzene rings is 1. The van der Waals surface area contributed by atoms with Gasteiger partial charge in [0.2, 0.25) is 0 Å². The molecule has 8 heteroatoms. The van der Waals surface area contributed by atoms with E-state index in [1.807, 2.05) is 6.07 Å². The Hall–Kier alpha value is -3.05. The molecule has 27 heavy (non-hydrogen) atoms. The molecule has 0 N–H and O–H groups in total. The highest BCUT2D eigenvalue weighted by atomic mass is 19.4. The molecule has 2 aromatic rings. The standard InChI is InChI=1S/C19H15F3N2O3/c20-19(21,22)16-4-2-1-3-15(16)17-6-5-14(27-17)11-13(12-23)18(25)24-7-9-26-10-8-24/h1-6,11H,7-10H2/b13-11+. The van der Waals surface area contributed by atoms with E-state index in [9.17, 15) is 23.2 Å². The molecule has 0 radical (unpaired) electrons. The predicted molar refractivity (Wildman–Crippen MR) is 90.1 cm³/mol. The van der Waals surface area contributed by atoms with Crippen molar-refractivity contribution in [3.05, 3.63) is 53.3 Å². The van der Waals surface area contributed by atoms with E-state index in [2.05, 4.69) is 0 Å². The number of hydrogen-bond acceptors (Lipinski definition) is 4. The molecule has 1 saturated heterocycles. The molecule has 0 atom stereocenters. The summed E-state index contributed by atoms with van der Waals surface area (Å²) in [5.41, 5.74) is -1.08. The molecule has 1 aromatic heterocycles. The zero-order valence-electron chi connectivity index (χ0n) is 14.1. The molecule has 3 rings (SSSR count). The topological polar surface area (TPSA) is 66.5 Å². The summed E-state index contributed by atoms with van der Waals surface area (Å²) in [5, 5.41) is 9.28. The van der Waals surface area contributed by atoms with Crippen LogP contribution in [0, 0.1) is 11.3 Å². The third-order valence-corrected chi connectivity index (χ3v) is 4.06. The molecule has 2 heterocycles. The first-order chi connectivity index (χ1) is 12.9. The number of amides is 1. The van der Waals surface area contributed by atoms with Gasteiger partial charge >= 0.3 is 6.18 Å². The van der Waals surface area contributed by atoms with Crippen LogP contribution in [-0.2, 0) is 15.7 Å². The summed E-state index contributed by atoms with van der Waals surface area (Å²) in [6.07, 6.45) is -3.29. The largest absolute Gasteiger partial charge is 0.457 e. The Kier molecular flexibility index (Phi) is 5.33. The molecule has 1 aromatic carbocycles. The van der Waals surface area contributed by atoms with Crippen LogP contribution in [0.2, 0.25) is 0 Å². The summed E-state index contributed by atoms with van der Waals surface area (Å²) in [5.74, 6) is -0.333. The predicted octanol–water partition coefficient (Wildman–Crippen LogP) is 3.73. The van der Waals surface area contributed by atoms with Gasteiger partial charge in [0.05, 0.1) is 18.8 Å². The fraction of sp³-hybridized carbons (Fsp3) is 0.263. The van der Waals surface area contributed by atoms with Crippen LogP contribution >= 0.6 is 0 Å². The van der Waals surface area contributed by atoms with Gasteiger partial charge in [-0.25, -0.2) is 0 Å². The number of morpholine rings is 1. The van der Waals surface area contributed by atoms with Crippen molar-refractivity contribution in [3.8, 4) is 17.4 Å². The Morgan fingerprint density at radius 1 is 1.15 bits per heavy atom. The normalized spacial score (nSPS) is 15.5. The summed E-state index contributed by atoms with van der Waals surface area (Å²) in [4.78, 5) is 13.9. The molecule has 1 aliphatic rings. The SMILES string of the molecule is N#C/C(=C\c1ccc(-c2ccccc2C(F)(F)F)o1)C(=O)N1CCOCC1. The number of halogens is 3. The van der Waals surface area contributed by atoms with Gasteiger partial charge in [0.1, 0.15) is 23.2 Å². The summed E-state index contributed by atoms with van der Waals surface area (Å²) in [6, 6.07) is 9.67. The zero-order chi connectivity index (χ0) is 19.4. The first-order valence-corrected chi connectivity index (χ1v) is 8.15. The Morgan fingerprint density at radius 2 is 1.85 bits per heavy atom. The quantitative estimate of drug-likeness (QED) is 0.605. The summed E-state index contributed by atoms with van der Waals surface area (Å²) < 4.78 is 50.1. The van der Waals surface area contributed by atoms with Crippen LogP contribution in [-0.4, -0.2) is 37.1 Å². The Morgan fingerprint density at radius 3 is 2.52 bits per heavy atom. The summed E-state index contributed by atoms with van der Waals surface area (Å²) in [6.45, 7) is 1.54. The lowest BCUT2D eigenvalue weighted by Gasteiger charge is -2.26. The minimum absolute atomic E-state index is 0.00489. The van der Waals surface area contributed by atoms with Gasteiger partial charge < -0.3 is 14.1 Å². The van der Waals surface area contributed by atoms with Crippen LogP contribution in [0.15, 0.2) is 46.4 Å². The number of hydrogen-bond donors (Lipinski definition) is 0. The number of ether oxygens (including phenoxy) is 1. The van der Waals surface area contributed by atoms with E-state index in [1.54, 1.807) is 0 Å². The second-order valence-corrected chi connectivity index (χ2v) is 5.82. The minimum atomic E-state index is -4.52. The molecule has 1 aliphatic heterocycles. The molecule has 1 fully saturated rings. The average Bonchev–Trinajstić information content (AvgIpc) is 3.14. The smallest absolute Gasteiger partial charge is 0.417 e. The molecule has 0 aliphatic carbocycles. The molecule has 0 spiro atoms. The fourth-order valence-electron chi connectivity index (χ4n) is 2.74. The number of carbonyl (C=O) groups is 1. The molecule has 1 amide bonds. The van der Waals surface area contributed by atoms with Gasteiger partial charge in [-0.2, -0.15) is 18.4 Å². The van der Waals surface area contributed by atoms with Crippen molar-refractivity contribution < 1.29 is 27.1 Å². The highest BCUT2D eigenvalue weighted by Gasteiger charge is 2.34. The van der Waals surface area contributed by atoms with Gasteiger partial charge in [0.15, 0.2) is 0 Å². The molecular weight excluding hydrogens is 361 g/mol. The van der Waals surface area contributed by atoms with E-state index in [1.165, 1.54) is 41.3 Å². The van der Waals surface area contributed by atoms with Gasteiger partial charge in [-0.15, -0.1) is 0 Å². The highest BCUT2D eigenvalue weighted by molar-refractivity contribution is 6.01. The Bertz CT molecular complexity index is 903. The lowest BCUT2D eigenvalue weighted by Crippen LogP contribution is -2.41. The van der Waals surface area contributed by atoms with Gasteiger partial charge in [0, 0.05) is 24.7 Å². The van der Waals surface area contributed by atoms with E-state index in [0.717, 1.165) is 6.07 Å². The maximum absolute atomic E-state index is 13.2. The highest BCUT2D eigenvalue weighted by Crippen LogP contribution is 2.37. The van der Waals surface area contributed by atoms with Crippen molar-refractivity contribution >= 4 is 12.0 Å². The van der Waals surface area contributed by atoms with Crippen molar-refractivity contribution in [3.63, 3.8) is 0 Å². The number of nitrogens with zero attached hydrogens (tertiary/aromatic N) is 2. The molecule has 0 saturated carbocycles. The molecule has 5 nitrogen and oxygen atoms in total. The second-order valence-electron chi connectivity index (χ2n) is 5.82. The second kappa shape index (κ2) is 7.68. The van der Waals surface area contributed by atoms with Crippen molar-refractivity contribution in [2.75, 3.05) is 26.3 Å². The van der Waals surface area contributed by atoms with Gasteiger partial charge in [-0.3, -0.25) is 4.79 Å². The van der Waals surface area contributed by atoms with E-state index in [4.69, 9.17) is 9.15 Å². The van der Waals surface area contributed by atoms with Crippen LogP contribution in [0.25, 0.3) is 17.4 Å². The Labute approximate surface area is 153 Å². The third kappa shape index (κ3) is 4.20. The van der Waals surface area contributed by atoms with E-state index < -0.39 is 17.6 Å². The molecule has 0 unspecified atom stereocenters. The summed E-state index contributed by atoms with van der Waals surface area (Å²) >= 11 is 0. The van der Waals surface area contributed by atoms with Gasteiger partial charge in [-0.1, -0.05) is 18.2 Å². The number of rotatable bonds is 3. The first kappa shape index (κ1) is 18.7. The molecule has 140 valence electrons. The monoisotopic (exact) mass is 376 g/mol. The Balaban J connectivity index is 1.88. The maximum Gasteiger partial charge on any atom is 0.417 e. The lowest BCUT2D eigenvalue weighted by atomic mass is 10.1. The first-order valence-electron chi connectivity index (χ1n) is 8.15. The minimum Gasteiger partial charge on any atom is -0.457 e. The molecule has 0 bridgehead atoms. The van der Waals surface area contributed by atoms with Crippen LogP contribution in [0.5, 0.6) is 0 Å². The fourth-order valence-corrected chi connectivity index (χ4v) is 2.74. The van der Waals surface area contributed by atoms with Crippen LogP contribution in [0.4, 0.5) is 13.2 Å². The van der Waals surface area contributed by atoms with Crippen LogP contribution < -0.4 is 0 Å². The number of nitriles is 1. The molecular formula is C19H15F3N2O3. The third-order valence-electron chi connectivity index (χ3n) is 4.06. The number of furan rings is 1. The van der Waals surface area contributed by atoms with Crippen molar-refractivity contribution in [2.45, 2.75) is 6.18 Å². The van der Waals surface area contributed by atoms with Crippen LogP contribution in [0.1, 0.15) is 11.3 Å². The summed E-state index contributed by atoms with van der Waals surface area (Å²) in [7, 11) is 0. The van der Waals surface area contributed by atoms with Crippen molar-refractivity contribution in [1.82, 2.24) is 4.90 Å².